The fraction of sp³-hybridized carbons (Fsp3) is 0.333. The van der Waals surface area contributed by atoms with Crippen molar-refractivity contribution >= 4 is 18.2 Å². The summed E-state index contributed by atoms with van der Waals surface area (Å²) in [6, 6.07) is 1.48. The van der Waals surface area contributed by atoms with Crippen LogP contribution in [0.4, 0.5) is 0 Å². The fourth-order valence-corrected chi connectivity index (χ4v) is 1.08. The van der Waals surface area contributed by atoms with Crippen molar-refractivity contribution in [1.82, 2.24) is 4.98 Å². The largest absolute Gasteiger partial charge is 0.328 e. The van der Waals surface area contributed by atoms with Gasteiger partial charge in [0.2, 0.25) is 0 Å². The van der Waals surface area contributed by atoms with Crippen LogP contribution < -0.4 is 11.5 Å². The van der Waals surface area contributed by atoms with Gasteiger partial charge in [0.25, 0.3) is 5.56 Å². The maximum atomic E-state index is 11.2. The second-order valence-corrected chi connectivity index (χ2v) is 3.01. The van der Waals surface area contributed by atoms with Crippen molar-refractivity contribution in [3.63, 3.8) is 0 Å². The molecule has 0 aliphatic carbocycles. The van der Waals surface area contributed by atoms with Gasteiger partial charge in [-0.1, -0.05) is 0 Å². The molecule has 84 valence electrons. The number of hydrogen-bond acceptors (Lipinski definition) is 4. The van der Waals surface area contributed by atoms with Crippen molar-refractivity contribution in [3.8, 4) is 0 Å². The normalized spacial score (nSPS) is 11.7. The molecular weight excluding hydrogens is 220 g/mol. The first-order valence-corrected chi connectivity index (χ1v) is 4.15. The second-order valence-electron chi connectivity index (χ2n) is 3.01. The molecule has 3 N–H and O–H groups in total. The number of aromatic amines is 1. The quantitative estimate of drug-likeness (QED) is 0.600. The third-order valence-corrected chi connectivity index (χ3v) is 1.98. The zero-order chi connectivity index (χ0) is 10.7. The predicted molar refractivity (Wildman–Crippen MR) is 58.0 cm³/mol. The average molecular weight is 233 g/mol. The summed E-state index contributed by atoms with van der Waals surface area (Å²) in [7, 11) is 0. The fourth-order valence-electron chi connectivity index (χ4n) is 1.08. The number of halogens is 1. The first kappa shape index (κ1) is 13.8. The van der Waals surface area contributed by atoms with E-state index in [4.69, 9.17) is 5.90 Å². The average Bonchev–Trinajstić information content (AvgIpc) is 2.17. The first-order valence-electron chi connectivity index (χ1n) is 4.15. The van der Waals surface area contributed by atoms with Gasteiger partial charge in [0.15, 0.2) is 5.78 Å². The van der Waals surface area contributed by atoms with Crippen LogP contribution in [0, 0.1) is 0 Å². The molecule has 0 aromatic carbocycles. The van der Waals surface area contributed by atoms with Gasteiger partial charge in [0, 0.05) is 6.20 Å². The Bertz CT molecular complexity index is 403. The predicted octanol–water partition coefficient (Wildman–Crippen LogP) is 0.951. The zero-order valence-corrected chi connectivity index (χ0v) is 9.26. The number of nitrogens with one attached hydrogen (secondary N) is 1. The van der Waals surface area contributed by atoms with Gasteiger partial charge in [0.1, 0.15) is 6.10 Å². The van der Waals surface area contributed by atoms with Crippen LogP contribution in [-0.4, -0.2) is 10.8 Å². The van der Waals surface area contributed by atoms with Crippen LogP contribution in [0.15, 0.2) is 17.1 Å². The summed E-state index contributed by atoms with van der Waals surface area (Å²) < 4.78 is 0. The van der Waals surface area contributed by atoms with Gasteiger partial charge in [0.05, 0.1) is 5.56 Å². The lowest BCUT2D eigenvalue weighted by molar-refractivity contribution is 0.0661. The van der Waals surface area contributed by atoms with Crippen LogP contribution in [0.5, 0.6) is 0 Å². The van der Waals surface area contributed by atoms with Gasteiger partial charge in [-0.2, -0.15) is 0 Å². The number of carbonyl (C=O) groups is 1. The molecule has 6 heteroatoms. The highest BCUT2D eigenvalue weighted by Crippen LogP contribution is 2.13. The summed E-state index contributed by atoms with van der Waals surface area (Å²) >= 11 is 0. The van der Waals surface area contributed by atoms with Crippen LogP contribution in [-0.2, 0) is 4.84 Å². The summed E-state index contributed by atoms with van der Waals surface area (Å²) in [6.45, 7) is 3.06. The van der Waals surface area contributed by atoms with E-state index in [1.807, 2.05) is 0 Å². The molecule has 0 radical (unpaired) electrons. The highest BCUT2D eigenvalue weighted by atomic mass is 35.5. The van der Waals surface area contributed by atoms with Gasteiger partial charge >= 0.3 is 0 Å². The monoisotopic (exact) mass is 232 g/mol. The van der Waals surface area contributed by atoms with E-state index in [0.29, 0.717) is 5.56 Å². The minimum atomic E-state index is -0.398. The topological polar surface area (TPSA) is 85.2 Å². The molecule has 0 spiro atoms. The van der Waals surface area contributed by atoms with Crippen LogP contribution in [0.3, 0.4) is 0 Å². The van der Waals surface area contributed by atoms with Crippen molar-refractivity contribution in [3.05, 3.63) is 33.7 Å². The lowest BCUT2D eigenvalue weighted by atomic mass is 10.1. The molecule has 0 bridgehead atoms. The van der Waals surface area contributed by atoms with E-state index in [9.17, 15) is 9.59 Å². The van der Waals surface area contributed by atoms with Crippen molar-refractivity contribution in [2.75, 3.05) is 0 Å². The van der Waals surface area contributed by atoms with Crippen LogP contribution in [0.25, 0.3) is 0 Å². The Balaban J connectivity index is 0.00000196. The Kier molecular flexibility index (Phi) is 5.21. The highest BCUT2D eigenvalue weighted by molar-refractivity contribution is 5.93. The summed E-state index contributed by atoms with van der Waals surface area (Å²) in [5.41, 5.74) is 0.383. The molecule has 0 saturated carbocycles. The summed E-state index contributed by atoms with van der Waals surface area (Å²) in [5.74, 6) is 4.71. The smallest absolute Gasteiger partial charge is 0.258 e. The zero-order valence-electron chi connectivity index (χ0n) is 8.44. The van der Waals surface area contributed by atoms with Gasteiger partial charge in [-0.25, -0.2) is 5.90 Å². The van der Waals surface area contributed by atoms with E-state index < -0.39 is 5.56 Å². The van der Waals surface area contributed by atoms with Crippen molar-refractivity contribution in [2.24, 2.45) is 5.90 Å². The molecular formula is C9H13ClN2O3. The number of carbonyl (C=O) groups excluding carboxylic acids is 1. The molecule has 0 aliphatic rings. The molecule has 1 unspecified atom stereocenters. The SMILES string of the molecule is CC(=O)c1cc(C(C)ON)c[nH]c1=O.Cl. The lowest BCUT2D eigenvalue weighted by Gasteiger charge is -2.08. The van der Waals surface area contributed by atoms with E-state index >= 15 is 0 Å². The third-order valence-electron chi connectivity index (χ3n) is 1.98. The second kappa shape index (κ2) is 5.65. The maximum Gasteiger partial charge on any atom is 0.258 e. The molecule has 0 aliphatic heterocycles. The van der Waals surface area contributed by atoms with E-state index in [2.05, 4.69) is 9.82 Å². The molecule has 1 aromatic rings. The van der Waals surface area contributed by atoms with Gasteiger partial charge in [-0.15, -0.1) is 12.4 Å². The van der Waals surface area contributed by atoms with Crippen LogP contribution in [0.1, 0.15) is 35.9 Å². The Morgan fingerprint density at radius 1 is 1.60 bits per heavy atom. The molecule has 1 heterocycles. The lowest BCUT2D eigenvalue weighted by Crippen LogP contribution is -2.17. The number of H-pyrrole nitrogens is 1. The molecule has 0 fully saturated rings. The van der Waals surface area contributed by atoms with E-state index in [-0.39, 0.29) is 29.9 Å². The number of aromatic nitrogens is 1. The highest BCUT2D eigenvalue weighted by Gasteiger charge is 2.10. The van der Waals surface area contributed by atoms with Crippen molar-refractivity contribution in [1.29, 1.82) is 0 Å². The van der Waals surface area contributed by atoms with Gasteiger partial charge in [-0.3, -0.25) is 14.4 Å². The van der Waals surface area contributed by atoms with Crippen molar-refractivity contribution in [2.45, 2.75) is 20.0 Å². The minimum Gasteiger partial charge on any atom is -0.328 e. The number of rotatable bonds is 3. The van der Waals surface area contributed by atoms with Crippen molar-refractivity contribution < 1.29 is 9.63 Å². The van der Waals surface area contributed by atoms with E-state index in [1.54, 1.807) is 6.92 Å². The summed E-state index contributed by atoms with van der Waals surface area (Å²) in [5, 5.41) is 0. The number of Topliss-reactive ketones (excluding diaryl/α,β-unsaturated/α-hetero) is 1. The standard InChI is InChI=1S/C9H12N2O3.ClH/c1-5(12)8-3-7(6(2)14-10)4-11-9(8)13;/h3-4,6H,10H2,1-2H3,(H,11,13);1H. The van der Waals surface area contributed by atoms with Gasteiger partial charge in [-0.05, 0) is 25.5 Å². The Labute approximate surface area is 93.0 Å². The number of nitrogens with two attached hydrogens (primary N) is 1. The molecule has 1 atom stereocenters. The molecule has 0 amide bonds. The minimum absolute atomic E-state index is 0. The summed E-state index contributed by atoms with van der Waals surface area (Å²) in [6.07, 6.45) is 1.12. The Morgan fingerprint density at radius 3 is 2.67 bits per heavy atom. The number of ketones is 1. The molecule has 0 saturated heterocycles. The maximum absolute atomic E-state index is 11.2. The molecule has 1 aromatic heterocycles. The number of pyridine rings is 1. The first-order chi connectivity index (χ1) is 6.56. The molecule has 15 heavy (non-hydrogen) atoms. The number of hydrogen-bond donors (Lipinski definition) is 2. The van der Waals surface area contributed by atoms with Crippen LogP contribution >= 0.6 is 12.4 Å². The Morgan fingerprint density at radius 2 is 2.20 bits per heavy atom. The molecule has 1 rings (SSSR count). The van der Waals surface area contributed by atoms with Crippen LogP contribution in [0.2, 0.25) is 0 Å². The van der Waals surface area contributed by atoms with E-state index in [0.717, 1.165) is 0 Å². The van der Waals surface area contributed by atoms with Gasteiger partial charge < -0.3 is 4.98 Å². The summed E-state index contributed by atoms with van der Waals surface area (Å²) in [4.78, 5) is 29.2. The molecule has 5 nitrogen and oxygen atoms in total. The van der Waals surface area contributed by atoms with E-state index in [1.165, 1.54) is 19.2 Å². The Hall–Kier alpha value is -1.17. The third kappa shape index (κ3) is 3.16.